The predicted octanol–water partition coefficient (Wildman–Crippen LogP) is 2.64. The maximum atomic E-state index is 14.4. The Hall–Kier alpha value is -1.84. The molecule has 2 heterocycles. The Morgan fingerprint density at radius 1 is 1.50 bits per heavy atom. The van der Waals surface area contributed by atoms with Crippen molar-refractivity contribution in [2.45, 2.75) is 19.0 Å². The second kappa shape index (κ2) is 4.44. The van der Waals surface area contributed by atoms with E-state index in [9.17, 15) is 4.39 Å². The normalized spacial score (nSPS) is 15.2. The second-order valence-electron chi connectivity index (χ2n) is 4.75. The average molecular weight is 245 g/mol. The minimum Gasteiger partial charge on any atom is -0.384 e. The number of rotatable bonds is 3. The Balaban J connectivity index is 1.84. The number of halogens is 1. The number of benzene rings is 1. The van der Waals surface area contributed by atoms with E-state index >= 15 is 0 Å². The molecule has 1 unspecified atom stereocenters. The summed E-state index contributed by atoms with van der Waals surface area (Å²) in [6.07, 6.45) is 3.98. The summed E-state index contributed by atoms with van der Waals surface area (Å²) in [6, 6.07) is 5.88. The molecule has 2 aromatic rings. The Morgan fingerprint density at radius 2 is 2.39 bits per heavy atom. The van der Waals surface area contributed by atoms with Crippen LogP contribution < -0.4 is 5.32 Å². The molecule has 0 amide bonds. The van der Waals surface area contributed by atoms with Crippen molar-refractivity contribution in [3.63, 3.8) is 0 Å². The lowest BCUT2D eigenvalue weighted by Crippen LogP contribution is -2.01. The number of para-hydroxylation sites is 1. The first-order valence-electron chi connectivity index (χ1n) is 6.21. The number of aryl methyl sites for hydroxylation is 1. The van der Waals surface area contributed by atoms with Crippen LogP contribution in [0.15, 0.2) is 30.6 Å². The first-order valence-corrected chi connectivity index (χ1v) is 6.21. The van der Waals surface area contributed by atoms with Crippen molar-refractivity contribution in [2.75, 3.05) is 11.9 Å². The molecule has 3 nitrogen and oxygen atoms in total. The molecule has 1 aliphatic heterocycles. The molecule has 0 aliphatic carbocycles. The quantitative estimate of drug-likeness (QED) is 0.901. The summed E-state index contributed by atoms with van der Waals surface area (Å²) >= 11 is 0. The highest BCUT2D eigenvalue weighted by atomic mass is 19.1. The molecular weight excluding hydrogens is 229 g/mol. The highest BCUT2D eigenvalue weighted by Gasteiger charge is 2.20. The number of anilines is 1. The van der Waals surface area contributed by atoms with Gasteiger partial charge in [0.2, 0.25) is 0 Å². The number of fused-ring (bicyclic) bond motifs is 1. The summed E-state index contributed by atoms with van der Waals surface area (Å²) in [5, 5.41) is 7.35. The fourth-order valence-electron chi connectivity index (χ4n) is 2.52. The fourth-order valence-corrected chi connectivity index (χ4v) is 2.52. The van der Waals surface area contributed by atoms with Gasteiger partial charge in [0, 0.05) is 37.5 Å². The van der Waals surface area contributed by atoms with Crippen LogP contribution in [0.25, 0.3) is 0 Å². The van der Waals surface area contributed by atoms with Gasteiger partial charge in [-0.3, -0.25) is 4.68 Å². The molecule has 4 heteroatoms. The van der Waals surface area contributed by atoms with Gasteiger partial charge in [0.1, 0.15) is 6.17 Å². The van der Waals surface area contributed by atoms with Crippen LogP contribution in [0.3, 0.4) is 0 Å². The van der Waals surface area contributed by atoms with E-state index in [1.54, 1.807) is 10.9 Å². The van der Waals surface area contributed by atoms with E-state index in [0.717, 1.165) is 29.8 Å². The summed E-state index contributed by atoms with van der Waals surface area (Å²) in [5.74, 6) is 0. The van der Waals surface area contributed by atoms with Crippen molar-refractivity contribution in [3.8, 4) is 0 Å². The van der Waals surface area contributed by atoms with E-state index in [-0.39, 0.29) is 0 Å². The number of nitrogens with zero attached hydrogens (tertiary/aromatic N) is 2. The summed E-state index contributed by atoms with van der Waals surface area (Å²) in [5.41, 5.74) is 3.92. The van der Waals surface area contributed by atoms with Gasteiger partial charge >= 0.3 is 0 Å². The monoisotopic (exact) mass is 245 g/mol. The Bertz CT molecular complexity index is 562. The van der Waals surface area contributed by atoms with Crippen LogP contribution in [0.4, 0.5) is 10.1 Å². The number of hydrogen-bond donors (Lipinski definition) is 1. The van der Waals surface area contributed by atoms with E-state index in [4.69, 9.17) is 0 Å². The maximum absolute atomic E-state index is 14.4. The molecule has 0 saturated heterocycles. The molecule has 0 spiro atoms. The Morgan fingerprint density at radius 3 is 3.17 bits per heavy atom. The van der Waals surface area contributed by atoms with Gasteiger partial charge in [0.05, 0.1) is 6.20 Å². The largest absolute Gasteiger partial charge is 0.384 e. The van der Waals surface area contributed by atoms with Crippen molar-refractivity contribution in [3.05, 3.63) is 47.3 Å². The summed E-state index contributed by atoms with van der Waals surface area (Å²) in [7, 11) is 1.85. The molecule has 1 aromatic carbocycles. The number of alkyl halides is 1. The van der Waals surface area contributed by atoms with Crippen LogP contribution in [-0.2, 0) is 19.9 Å². The highest BCUT2D eigenvalue weighted by molar-refractivity contribution is 5.62. The smallest absolute Gasteiger partial charge is 0.131 e. The van der Waals surface area contributed by atoms with E-state index in [0.29, 0.717) is 6.42 Å². The van der Waals surface area contributed by atoms with Crippen molar-refractivity contribution in [1.29, 1.82) is 0 Å². The third kappa shape index (κ3) is 1.98. The van der Waals surface area contributed by atoms with E-state index in [1.165, 1.54) is 5.56 Å². The first kappa shape index (κ1) is 11.3. The van der Waals surface area contributed by atoms with E-state index in [2.05, 4.69) is 16.5 Å². The lowest BCUT2D eigenvalue weighted by molar-refractivity contribution is 0.343. The SMILES string of the molecule is Cn1cc(CC(F)c2cccc3c2NCC3)cn1. The van der Waals surface area contributed by atoms with E-state index in [1.807, 2.05) is 25.4 Å². The molecule has 0 bridgehead atoms. The molecule has 0 saturated carbocycles. The van der Waals surface area contributed by atoms with Crippen molar-refractivity contribution >= 4 is 5.69 Å². The van der Waals surface area contributed by atoms with Gasteiger partial charge in [-0.15, -0.1) is 0 Å². The number of nitrogens with one attached hydrogen (secondary N) is 1. The lowest BCUT2D eigenvalue weighted by atomic mass is 10.0. The van der Waals surface area contributed by atoms with Gasteiger partial charge in [-0.25, -0.2) is 4.39 Å². The maximum Gasteiger partial charge on any atom is 0.131 e. The molecule has 3 rings (SSSR count). The minimum atomic E-state index is -0.977. The zero-order valence-electron chi connectivity index (χ0n) is 10.4. The predicted molar refractivity (Wildman–Crippen MR) is 69.4 cm³/mol. The molecule has 0 fully saturated rings. The second-order valence-corrected chi connectivity index (χ2v) is 4.75. The molecular formula is C14H16FN3. The van der Waals surface area contributed by atoms with Gasteiger partial charge in [0.15, 0.2) is 0 Å². The zero-order chi connectivity index (χ0) is 12.5. The van der Waals surface area contributed by atoms with Crippen LogP contribution in [0.5, 0.6) is 0 Å². The van der Waals surface area contributed by atoms with Gasteiger partial charge in [-0.05, 0) is 17.5 Å². The van der Waals surface area contributed by atoms with Crippen LogP contribution in [0.1, 0.15) is 22.9 Å². The summed E-state index contributed by atoms with van der Waals surface area (Å²) in [6.45, 7) is 0.909. The Labute approximate surface area is 106 Å². The minimum absolute atomic E-state index is 0.381. The fraction of sp³-hybridized carbons (Fsp3) is 0.357. The molecule has 0 radical (unpaired) electrons. The van der Waals surface area contributed by atoms with Crippen LogP contribution >= 0.6 is 0 Å². The first-order chi connectivity index (χ1) is 8.74. The average Bonchev–Trinajstić information content (AvgIpc) is 2.97. The zero-order valence-corrected chi connectivity index (χ0v) is 10.4. The topological polar surface area (TPSA) is 29.9 Å². The van der Waals surface area contributed by atoms with Gasteiger partial charge in [-0.1, -0.05) is 18.2 Å². The van der Waals surface area contributed by atoms with Gasteiger partial charge < -0.3 is 5.32 Å². The Kier molecular flexibility index (Phi) is 2.78. The summed E-state index contributed by atoms with van der Waals surface area (Å²) in [4.78, 5) is 0. The number of hydrogen-bond acceptors (Lipinski definition) is 2. The number of aromatic nitrogens is 2. The van der Waals surface area contributed by atoms with Crippen LogP contribution in [0.2, 0.25) is 0 Å². The third-order valence-electron chi connectivity index (χ3n) is 3.39. The van der Waals surface area contributed by atoms with Crippen molar-refractivity contribution < 1.29 is 4.39 Å². The van der Waals surface area contributed by atoms with Crippen molar-refractivity contribution in [2.24, 2.45) is 7.05 Å². The van der Waals surface area contributed by atoms with E-state index < -0.39 is 6.17 Å². The molecule has 1 N–H and O–H groups in total. The van der Waals surface area contributed by atoms with Crippen LogP contribution in [0, 0.1) is 0 Å². The van der Waals surface area contributed by atoms with Gasteiger partial charge in [0.25, 0.3) is 0 Å². The lowest BCUT2D eigenvalue weighted by Gasteiger charge is -2.12. The molecule has 18 heavy (non-hydrogen) atoms. The highest BCUT2D eigenvalue weighted by Crippen LogP contribution is 2.34. The van der Waals surface area contributed by atoms with Crippen molar-refractivity contribution in [1.82, 2.24) is 9.78 Å². The molecule has 1 atom stereocenters. The van der Waals surface area contributed by atoms with Gasteiger partial charge in [-0.2, -0.15) is 5.10 Å². The van der Waals surface area contributed by atoms with Crippen LogP contribution in [-0.4, -0.2) is 16.3 Å². The molecule has 1 aromatic heterocycles. The molecule has 94 valence electrons. The standard InChI is InChI=1S/C14H16FN3/c1-18-9-10(8-17-18)7-13(15)12-4-2-3-11-5-6-16-14(11)12/h2-4,8-9,13,16H,5-7H2,1H3. The summed E-state index contributed by atoms with van der Waals surface area (Å²) < 4.78 is 16.1. The third-order valence-corrected chi connectivity index (χ3v) is 3.39. The molecule has 1 aliphatic rings.